The molecular formula is C19H22FN5O5. The number of morpholine rings is 1. The normalized spacial score (nSPS) is 14.9. The van der Waals surface area contributed by atoms with Gasteiger partial charge in [-0.25, -0.2) is 4.39 Å². The molecule has 2 aromatic rings. The number of nitrogens with two attached hydrogens (primary N) is 1. The highest BCUT2D eigenvalue weighted by Crippen LogP contribution is 2.28. The first-order chi connectivity index (χ1) is 14.3. The maximum atomic E-state index is 13.5. The number of nitrogens with zero attached hydrogens (tertiary/aromatic N) is 2. The topological polar surface area (TPSA) is 151 Å². The van der Waals surface area contributed by atoms with Crippen molar-refractivity contribution in [3.63, 3.8) is 0 Å². The van der Waals surface area contributed by atoms with Crippen molar-refractivity contribution in [2.24, 2.45) is 5.73 Å². The van der Waals surface area contributed by atoms with E-state index < -0.39 is 23.7 Å². The van der Waals surface area contributed by atoms with Gasteiger partial charge in [-0.3, -0.25) is 19.5 Å². The molecule has 1 saturated heterocycles. The number of benzene rings is 1. The molecular weight excluding hydrogens is 397 g/mol. The van der Waals surface area contributed by atoms with E-state index in [4.69, 9.17) is 10.5 Å². The SMILES string of the molecule is NC(=O)CCC(NC(=O)c1cc(-c2cc(F)ccc2O)n[nH]1)C(=O)N1CCOCC1. The molecule has 160 valence electrons. The van der Waals surface area contributed by atoms with Crippen molar-refractivity contribution in [3.8, 4) is 17.0 Å². The Bertz CT molecular complexity index is 941. The number of amides is 3. The number of carbonyl (C=O) groups excluding carboxylic acids is 3. The summed E-state index contributed by atoms with van der Waals surface area (Å²) >= 11 is 0. The molecule has 1 aliphatic rings. The number of primary amides is 1. The Kier molecular flexibility index (Phi) is 6.62. The van der Waals surface area contributed by atoms with Crippen LogP contribution in [0.5, 0.6) is 5.75 Å². The number of phenols is 1. The monoisotopic (exact) mass is 419 g/mol. The van der Waals surface area contributed by atoms with Gasteiger partial charge in [0, 0.05) is 25.1 Å². The van der Waals surface area contributed by atoms with Gasteiger partial charge in [0.1, 0.15) is 23.3 Å². The molecule has 3 amide bonds. The average molecular weight is 419 g/mol. The van der Waals surface area contributed by atoms with Gasteiger partial charge in [0.15, 0.2) is 0 Å². The number of H-pyrrole nitrogens is 1. The Morgan fingerprint density at radius 3 is 2.73 bits per heavy atom. The first-order valence-electron chi connectivity index (χ1n) is 9.35. The standard InChI is InChI=1S/C19H22FN5O5/c20-11-1-3-16(26)12(9-11)14-10-15(24-23-14)18(28)22-13(2-4-17(21)27)19(29)25-5-7-30-8-6-25/h1,3,9-10,13,26H,2,4-8H2,(H2,21,27)(H,22,28)(H,23,24). The summed E-state index contributed by atoms with van der Waals surface area (Å²) in [4.78, 5) is 38.2. The fourth-order valence-corrected chi connectivity index (χ4v) is 3.07. The highest BCUT2D eigenvalue weighted by atomic mass is 19.1. The third-order valence-electron chi connectivity index (χ3n) is 4.66. The fraction of sp³-hybridized carbons (Fsp3) is 0.368. The number of nitrogens with one attached hydrogen (secondary N) is 2. The van der Waals surface area contributed by atoms with Gasteiger partial charge in [0.25, 0.3) is 5.91 Å². The molecule has 0 radical (unpaired) electrons. The van der Waals surface area contributed by atoms with Gasteiger partial charge in [0.05, 0.1) is 18.9 Å². The summed E-state index contributed by atoms with van der Waals surface area (Å²) in [5.74, 6) is -2.33. The van der Waals surface area contributed by atoms with E-state index in [-0.39, 0.29) is 41.4 Å². The van der Waals surface area contributed by atoms with Gasteiger partial charge < -0.3 is 25.8 Å². The van der Waals surface area contributed by atoms with Gasteiger partial charge in [0.2, 0.25) is 11.8 Å². The van der Waals surface area contributed by atoms with Gasteiger partial charge in [-0.2, -0.15) is 5.10 Å². The minimum Gasteiger partial charge on any atom is -0.507 e. The van der Waals surface area contributed by atoms with Crippen molar-refractivity contribution >= 4 is 17.7 Å². The molecule has 1 fully saturated rings. The highest BCUT2D eigenvalue weighted by molar-refractivity contribution is 5.97. The van der Waals surface area contributed by atoms with E-state index in [0.717, 1.165) is 12.1 Å². The summed E-state index contributed by atoms with van der Waals surface area (Å²) in [6, 6.07) is 3.73. The number of hydrogen-bond donors (Lipinski definition) is 4. The van der Waals surface area contributed by atoms with Crippen LogP contribution < -0.4 is 11.1 Å². The Morgan fingerprint density at radius 2 is 2.03 bits per heavy atom. The van der Waals surface area contributed by atoms with Crippen LogP contribution in [0.1, 0.15) is 23.3 Å². The number of aromatic hydroxyl groups is 1. The first kappa shape index (κ1) is 21.2. The predicted octanol–water partition coefficient (Wildman–Crippen LogP) is 0.144. The zero-order valence-corrected chi connectivity index (χ0v) is 16.1. The zero-order valence-electron chi connectivity index (χ0n) is 16.1. The second-order valence-corrected chi connectivity index (χ2v) is 6.80. The Labute approximate surface area is 171 Å². The van der Waals surface area contributed by atoms with Crippen LogP contribution in [0, 0.1) is 5.82 Å². The van der Waals surface area contributed by atoms with Crippen molar-refractivity contribution < 1.29 is 28.6 Å². The number of halogens is 1. The lowest BCUT2D eigenvalue weighted by atomic mass is 10.1. The first-order valence-corrected chi connectivity index (χ1v) is 9.35. The van der Waals surface area contributed by atoms with Crippen LogP contribution in [0.2, 0.25) is 0 Å². The third kappa shape index (κ3) is 5.11. The molecule has 0 aliphatic carbocycles. The van der Waals surface area contributed by atoms with Crippen LogP contribution in [0.3, 0.4) is 0 Å². The molecule has 0 saturated carbocycles. The Balaban J connectivity index is 1.75. The van der Waals surface area contributed by atoms with E-state index in [1.54, 1.807) is 4.90 Å². The van der Waals surface area contributed by atoms with Gasteiger partial charge >= 0.3 is 0 Å². The summed E-state index contributed by atoms with van der Waals surface area (Å²) in [5.41, 5.74) is 5.46. The van der Waals surface area contributed by atoms with E-state index in [9.17, 15) is 23.9 Å². The summed E-state index contributed by atoms with van der Waals surface area (Å²) in [5, 5.41) is 18.9. The zero-order chi connectivity index (χ0) is 21.7. The summed E-state index contributed by atoms with van der Waals surface area (Å²) in [7, 11) is 0. The molecule has 2 heterocycles. The quantitative estimate of drug-likeness (QED) is 0.501. The third-order valence-corrected chi connectivity index (χ3v) is 4.66. The van der Waals surface area contributed by atoms with Crippen LogP contribution in [0.15, 0.2) is 24.3 Å². The second-order valence-electron chi connectivity index (χ2n) is 6.80. The molecule has 1 aliphatic heterocycles. The van der Waals surface area contributed by atoms with Crippen molar-refractivity contribution in [2.45, 2.75) is 18.9 Å². The molecule has 0 spiro atoms. The molecule has 10 nitrogen and oxygen atoms in total. The maximum Gasteiger partial charge on any atom is 0.269 e. The van der Waals surface area contributed by atoms with E-state index >= 15 is 0 Å². The number of phenolic OH excluding ortho intramolecular Hbond substituents is 1. The van der Waals surface area contributed by atoms with Crippen molar-refractivity contribution in [2.75, 3.05) is 26.3 Å². The highest BCUT2D eigenvalue weighted by Gasteiger charge is 2.28. The van der Waals surface area contributed by atoms with Gasteiger partial charge in [-0.15, -0.1) is 0 Å². The fourth-order valence-electron chi connectivity index (χ4n) is 3.07. The number of ether oxygens (including phenoxy) is 1. The van der Waals surface area contributed by atoms with E-state index in [1.165, 1.54) is 12.1 Å². The number of rotatable bonds is 7. The molecule has 3 rings (SSSR count). The number of hydrogen-bond acceptors (Lipinski definition) is 6. The summed E-state index contributed by atoms with van der Waals surface area (Å²) in [6.07, 6.45) is -0.0324. The van der Waals surface area contributed by atoms with Crippen molar-refractivity contribution in [1.29, 1.82) is 0 Å². The predicted molar refractivity (Wildman–Crippen MR) is 103 cm³/mol. The van der Waals surface area contributed by atoms with Gasteiger partial charge in [-0.1, -0.05) is 0 Å². The van der Waals surface area contributed by atoms with Crippen molar-refractivity contribution in [1.82, 2.24) is 20.4 Å². The second kappa shape index (κ2) is 9.35. The summed E-state index contributed by atoms with van der Waals surface area (Å²) < 4.78 is 18.7. The minimum atomic E-state index is -0.961. The molecule has 30 heavy (non-hydrogen) atoms. The molecule has 11 heteroatoms. The van der Waals surface area contributed by atoms with Crippen LogP contribution in [0.25, 0.3) is 11.3 Å². The lowest BCUT2D eigenvalue weighted by Crippen LogP contribution is -2.52. The lowest BCUT2D eigenvalue weighted by Gasteiger charge is -2.30. The summed E-state index contributed by atoms with van der Waals surface area (Å²) in [6.45, 7) is 1.55. The molecule has 1 atom stereocenters. The molecule has 1 unspecified atom stereocenters. The molecule has 5 N–H and O–H groups in total. The average Bonchev–Trinajstić information content (AvgIpc) is 3.23. The van der Waals surface area contributed by atoms with Crippen LogP contribution in [-0.2, 0) is 14.3 Å². The van der Waals surface area contributed by atoms with Crippen LogP contribution in [-0.4, -0.2) is 70.3 Å². The van der Waals surface area contributed by atoms with Gasteiger partial charge in [-0.05, 0) is 30.7 Å². The maximum absolute atomic E-state index is 13.5. The Morgan fingerprint density at radius 1 is 1.30 bits per heavy atom. The number of carbonyl (C=O) groups is 3. The number of aromatic amines is 1. The smallest absolute Gasteiger partial charge is 0.269 e. The van der Waals surface area contributed by atoms with E-state index in [2.05, 4.69) is 15.5 Å². The largest absolute Gasteiger partial charge is 0.507 e. The molecule has 0 bridgehead atoms. The lowest BCUT2D eigenvalue weighted by molar-refractivity contribution is -0.137. The van der Waals surface area contributed by atoms with E-state index in [1.807, 2.05) is 0 Å². The van der Waals surface area contributed by atoms with Crippen LogP contribution >= 0.6 is 0 Å². The molecule has 1 aromatic heterocycles. The molecule has 1 aromatic carbocycles. The minimum absolute atomic E-state index is 0.00696. The van der Waals surface area contributed by atoms with Crippen molar-refractivity contribution in [3.05, 3.63) is 35.8 Å². The number of aromatic nitrogens is 2. The Hall–Kier alpha value is -3.47. The van der Waals surface area contributed by atoms with Crippen LogP contribution in [0.4, 0.5) is 4.39 Å². The van der Waals surface area contributed by atoms with E-state index in [0.29, 0.717) is 26.3 Å².